The largest absolute Gasteiger partial charge is 0.398 e. The van der Waals surface area contributed by atoms with Gasteiger partial charge in [-0.3, -0.25) is 9.59 Å². The van der Waals surface area contributed by atoms with Crippen LogP contribution in [0.1, 0.15) is 44.1 Å². The van der Waals surface area contributed by atoms with Crippen LogP contribution in [0.5, 0.6) is 0 Å². The lowest BCUT2D eigenvalue weighted by Gasteiger charge is -2.08. The number of imide groups is 1. The molecular formula is C15H13N3O2S. The van der Waals surface area contributed by atoms with Crippen molar-refractivity contribution in [2.45, 2.75) is 25.7 Å². The molecule has 2 N–H and O–H groups in total. The fourth-order valence-electron chi connectivity index (χ4n) is 2.92. The minimum Gasteiger partial charge on any atom is -0.398 e. The van der Waals surface area contributed by atoms with Crippen molar-refractivity contribution in [2.24, 2.45) is 0 Å². The summed E-state index contributed by atoms with van der Waals surface area (Å²) >= 11 is 1.45. The first kappa shape index (κ1) is 12.5. The van der Waals surface area contributed by atoms with Crippen LogP contribution in [0.3, 0.4) is 0 Å². The lowest BCUT2D eigenvalue weighted by molar-refractivity contribution is 0.0926. The predicted octanol–water partition coefficient (Wildman–Crippen LogP) is 2.40. The van der Waals surface area contributed by atoms with Crippen LogP contribution >= 0.6 is 11.3 Å². The lowest BCUT2D eigenvalue weighted by Crippen LogP contribution is -2.29. The van der Waals surface area contributed by atoms with Crippen molar-refractivity contribution in [3.05, 3.63) is 39.9 Å². The molecule has 1 aliphatic heterocycles. The quantitative estimate of drug-likeness (QED) is 0.648. The van der Waals surface area contributed by atoms with Crippen molar-refractivity contribution in [3.8, 4) is 0 Å². The normalized spacial score (nSPS) is 17.0. The maximum Gasteiger partial charge on any atom is 0.270 e. The van der Waals surface area contributed by atoms with Crippen molar-refractivity contribution in [1.82, 2.24) is 4.98 Å². The Hall–Kier alpha value is -2.21. The highest BCUT2D eigenvalue weighted by atomic mass is 32.1. The number of hydrogen-bond acceptors (Lipinski definition) is 5. The van der Waals surface area contributed by atoms with Gasteiger partial charge in [-0.15, -0.1) is 11.3 Å². The number of aromatic nitrogens is 1. The van der Waals surface area contributed by atoms with Crippen LogP contribution in [-0.2, 0) is 12.8 Å². The van der Waals surface area contributed by atoms with E-state index >= 15 is 0 Å². The number of fused-ring (bicyclic) bond motifs is 2. The van der Waals surface area contributed by atoms with E-state index in [9.17, 15) is 9.59 Å². The third-order valence-corrected chi connectivity index (χ3v) is 5.12. The van der Waals surface area contributed by atoms with Gasteiger partial charge in [0.15, 0.2) is 5.13 Å². The number of aryl methyl sites for hydroxylation is 2. The molecule has 106 valence electrons. The zero-order chi connectivity index (χ0) is 14.6. The topological polar surface area (TPSA) is 76.3 Å². The summed E-state index contributed by atoms with van der Waals surface area (Å²) in [5.41, 5.74) is 7.89. The van der Waals surface area contributed by atoms with Crippen molar-refractivity contribution in [3.63, 3.8) is 0 Å². The zero-order valence-electron chi connectivity index (χ0n) is 11.3. The zero-order valence-corrected chi connectivity index (χ0v) is 12.1. The molecule has 1 aromatic heterocycles. The number of carbonyl (C=O) groups is 2. The molecule has 4 rings (SSSR count). The Morgan fingerprint density at radius 1 is 1.14 bits per heavy atom. The highest BCUT2D eigenvalue weighted by molar-refractivity contribution is 7.16. The molecular weight excluding hydrogens is 286 g/mol. The summed E-state index contributed by atoms with van der Waals surface area (Å²) in [5.74, 6) is -0.687. The van der Waals surface area contributed by atoms with Crippen molar-refractivity contribution in [2.75, 3.05) is 10.6 Å². The summed E-state index contributed by atoms with van der Waals surface area (Å²) in [6.45, 7) is 0. The van der Waals surface area contributed by atoms with E-state index in [0.717, 1.165) is 31.4 Å². The average molecular weight is 299 g/mol. The van der Waals surface area contributed by atoms with Gasteiger partial charge in [0.05, 0.1) is 16.8 Å². The molecule has 0 unspecified atom stereocenters. The fourth-order valence-corrected chi connectivity index (χ4v) is 4.06. The van der Waals surface area contributed by atoms with Gasteiger partial charge < -0.3 is 5.73 Å². The second kappa shape index (κ2) is 4.39. The number of carbonyl (C=O) groups excluding carboxylic acids is 2. The Labute approximate surface area is 125 Å². The van der Waals surface area contributed by atoms with E-state index in [1.54, 1.807) is 18.2 Å². The predicted molar refractivity (Wildman–Crippen MR) is 80.8 cm³/mol. The van der Waals surface area contributed by atoms with E-state index in [0.29, 0.717) is 21.9 Å². The van der Waals surface area contributed by atoms with Crippen LogP contribution in [-0.4, -0.2) is 16.8 Å². The van der Waals surface area contributed by atoms with E-state index in [2.05, 4.69) is 4.98 Å². The summed E-state index contributed by atoms with van der Waals surface area (Å²) in [4.78, 5) is 31.9. The van der Waals surface area contributed by atoms with Crippen molar-refractivity contribution >= 4 is 34.0 Å². The van der Waals surface area contributed by atoms with E-state index in [-0.39, 0.29) is 11.8 Å². The minimum atomic E-state index is -0.362. The molecule has 1 aromatic carbocycles. The lowest BCUT2D eigenvalue weighted by atomic mass is 10.0. The van der Waals surface area contributed by atoms with Crippen LogP contribution in [0.15, 0.2) is 18.2 Å². The number of anilines is 2. The number of nitrogens with two attached hydrogens (primary N) is 1. The first-order valence-corrected chi connectivity index (χ1v) is 7.74. The Kier molecular flexibility index (Phi) is 2.62. The van der Waals surface area contributed by atoms with E-state index in [1.165, 1.54) is 21.1 Å². The average Bonchev–Trinajstić information content (AvgIpc) is 2.99. The molecule has 0 fully saturated rings. The second-order valence-corrected chi connectivity index (χ2v) is 6.35. The number of amides is 2. The Balaban J connectivity index is 1.81. The molecule has 6 heteroatoms. The second-order valence-electron chi connectivity index (χ2n) is 5.29. The number of benzene rings is 1. The van der Waals surface area contributed by atoms with Crippen LogP contribution < -0.4 is 10.6 Å². The molecule has 2 heterocycles. The van der Waals surface area contributed by atoms with Gasteiger partial charge in [-0.25, -0.2) is 9.88 Å². The van der Waals surface area contributed by atoms with E-state index in [1.807, 2.05) is 0 Å². The summed E-state index contributed by atoms with van der Waals surface area (Å²) in [5, 5.41) is 0.479. The van der Waals surface area contributed by atoms with Crippen LogP contribution in [0.25, 0.3) is 0 Å². The molecule has 0 saturated heterocycles. The van der Waals surface area contributed by atoms with Crippen molar-refractivity contribution in [1.29, 1.82) is 0 Å². The third-order valence-electron chi connectivity index (χ3n) is 3.97. The minimum absolute atomic E-state index is 0.302. The Bertz CT molecular complexity index is 758. The summed E-state index contributed by atoms with van der Waals surface area (Å²) in [6, 6.07) is 4.97. The van der Waals surface area contributed by atoms with Gasteiger partial charge in [0.2, 0.25) is 0 Å². The molecule has 0 radical (unpaired) electrons. The highest BCUT2D eigenvalue weighted by Crippen LogP contribution is 2.37. The maximum absolute atomic E-state index is 12.5. The number of nitrogens with zero attached hydrogens (tertiary/aromatic N) is 2. The number of nitrogen functional groups attached to an aromatic ring is 1. The van der Waals surface area contributed by atoms with Crippen LogP contribution in [0.2, 0.25) is 0 Å². The SMILES string of the molecule is Nc1cccc2c1C(=O)N(c1nc3c(s1)CCCC3)C2=O. The fraction of sp³-hybridized carbons (Fsp3) is 0.267. The molecule has 0 atom stereocenters. The van der Waals surface area contributed by atoms with Gasteiger partial charge >= 0.3 is 0 Å². The Morgan fingerprint density at radius 3 is 2.71 bits per heavy atom. The number of hydrogen-bond donors (Lipinski definition) is 1. The molecule has 0 spiro atoms. The molecule has 0 bridgehead atoms. The molecule has 21 heavy (non-hydrogen) atoms. The number of rotatable bonds is 1. The van der Waals surface area contributed by atoms with Gasteiger partial charge in [0.25, 0.3) is 11.8 Å². The summed E-state index contributed by atoms with van der Waals surface area (Å²) in [6.07, 6.45) is 4.17. The van der Waals surface area contributed by atoms with Crippen molar-refractivity contribution < 1.29 is 9.59 Å². The first-order chi connectivity index (χ1) is 10.2. The highest BCUT2D eigenvalue weighted by Gasteiger charge is 2.40. The van der Waals surface area contributed by atoms with Gasteiger partial charge in [-0.2, -0.15) is 0 Å². The van der Waals surface area contributed by atoms with Gasteiger partial charge in [-0.05, 0) is 37.8 Å². The summed E-state index contributed by atoms with van der Waals surface area (Å²) < 4.78 is 0. The Morgan fingerprint density at radius 2 is 1.95 bits per heavy atom. The molecule has 2 amide bonds. The van der Waals surface area contributed by atoms with Gasteiger partial charge in [0, 0.05) is 10.6 Å². The van der Waals surface area contributed by atoms with E-state index < -0.39 is 0 Å². The first-order valence-electron chi connectivity index (χ1n) is 6.92. The van der Waals surface area contributed by atoms with Crippen LogP contribution in [0.4, 0.5) is 10.8 Å². The van der Waals surface area contributed by atoms with Gasteiger partial charge in [0.1, 0.15) is 0 Å². The summed E-state index contributed by atoms with van der Waals surface area (Å²) in [7, 11) is 0. The third kappa shape index (κ3) is 1.72. The smallest absolute Gasteiger partial charge is 0.270 e. The van der Waals surface area contributed by atoms with Gasteiger partial charge in [-0.1, -0.05) is 6.07 Å². The molecule has 2 aromatic rings. The maximum atomic E-state index is 12.5. The molecule has 1 aliphatic carbocycles. The molecule has 5 nitrogen and oxygen atoms in total. The monoisotopic (exact) mass is 299 g/mol. The molecule has 0 saturated carbocycles. The number of thiazole rings is 1. The molecule has 2 aliphatic rings. The standard InChI is InChI=1S/C15H13N3O2S/c16-9-5-3-4-8-12(9)14(20)18(13(8)19)15-17-10-6-1-2-7-11(10)21-15/h3-5H,1-2,6-7,16H2. The van der Waals surface area contributed by atoms with Crippen LogP contribution in [0, 0.1) is 0 Å². The van der Waals surface area contributed by atoms with E-state index in [4.69, 9.17) is 5.73 Å².